The monoisotopic (exact) mass is 385 g/mol. The van der Waals surface area contributed by atoms with E-state index in [-0.39, 0.29) is 17.8 Å². The highest BCUT2D eigenvalue weighted by molar-refractivity contribution is 6.13. The molecule has 0 aliphatic carbocycles. The fourth-order valence-electron chi connectivity index (χ4n) is 2.60. The predicted molar refractivity (Wildman–Crippen MR) is 89.6 cm³/mol. The number of hydrogen-bond acceptors (Lipinski definition) is 4. The molecule has 0 saturated carbocycles. The highest BCUT2D eigenvalue weighted by Crippen LogP contribution is 2.21. The van der Waals surface area contributed by atoms with Gasteiger partial charge in [0, 0.05) is 31.3 Å². The second-order valence-corrected chi connectivity index (χ2v) is 6.26. The zero-order valence-corrected chi connectivity index (χ0v) is 14.3. The van der Waals surface area contributed by atoms with E-state index in [1.54, 1.807) is 16.6 Å². The molecular formula is C17H15ClF3N3O2. The topological polar surface area (TPSA) is 54.5 Å². The van der Waals surface area contributed by atoms with Gasteiger partial charge in [-0.05, 0) is 30.7 Å². The highest BCUT2D eigenvalue weighted by atomic mass is 35.5. The van der Waals surface area contributed by atoms with Crippen LogP contribution in [0.3, 0.4) is 0 Å². The number of ether oxygens (including phenoxy) is 1. The molecule has 2 aromatic rings. The summed E-state index contributed by atoms with van der Waals surface area (Å²) >= 11 is 5.89. The summed E-state index contributed by atoms with van der Waals surface area (Å²) in [6.45, 7) is 1.37. The van der Waals surface area contributed by atoms with Gasteiger partial charge < -0.3 is 10.1 Å². The van der Waals surface area contributed by atoms with Gasteiger partial charge in [0.2, 0.25) is 5.88 Å². The maximum Gasteiger partial charge on any atom is 0.262 e. The molecule has 26 heavy (non-hydrogen) atoms. The Labute approximate surface area is 152 Å². The fraction of sp³-hybridized carbons (Fsp3) is 0.294. The van der Waals surface area contributed by atoms with Crippen molar-refractivity contribution in [2.45, 2.75) is 18.9 Å². The summed E-state index contributed by atoms with van der Waals surface area (Å²) in [6.07, 6.45) is 1.40. The van der Waals surface area contributed by atoms with Crippen LogP contribution in [-0.4, -0.2) is 34.5 Å². The molecule has 1 saturated heterocycles. The summed E-state index contributed by atoms with van der Waals surface area (Å²) in [4.78, 5) is 16.2. The van der Waals surface area contributed by atoms with Crippen LogP contribution in [0.25, 0.3) is 0 Å². The second kappa shape index (κ2) is 7.92. The van der Waals surface area contributed by atoms with Crippen LogP contribution in [0.1, 0.15) is 23.2 Å². The van der Waals surface area contributed by atoms with E-state index in [2.05, 4.69) is 10.3 Å². The van der Waals surface area contributed by atoms with E-state index in [1.165, 1.54) is 6.07 Å². The molecule has 1 aromatic heterocycles. The number of benzene rings is 1. The van der Waals surface area contributed by atoms with E-state index < -0.39 is 28.9 Å². The Kier molecular flexibility index (Phi) is 5.63. The highest BCUT2D eigenvalue weighted by Gasteiger charge is 2.21. The molecule has 5 nitrogen and oxygen atoms in total. The first-order chi connectivity index (χ1) is 12.4. The molecule has 1 fully saturated rings. The maximum atomic E-state index is 13.7. The largest absolute Gasteiger partial charge is 0.474 e. The average Bonchev–Trinajstić information content (AvgIpc) is 2.56. The summed E-state index contributed by atoms with van der Waals surface area (Å²) in [5.74, 6) is -4.42. The fourth-order valence-corrected chi connectivity index (χ4v) is 2.80. The minimum Gasteiger partial charge on any atom is -0.474 e. The smallest absolute Gasteiger partial charge is 0.262 e. The molecule has 1 aliphatic rings. The first-order valence-corrected chi connectivity index (χ1v) is 8.26. The van der Waals surface area contributed by atoms with Crippen molar-refractivity contribution in [3.63, 3.8) is 0 Å². The molecular weight excluding hydrogens is 371 g/mol. The molecule has 1 amide bonds. The van der Waals surface area contributed by atoms with Gasteiger partial charge in [-0.3, -0.25) is 4.79 Å². The van der Waals surface area contributed by atoms with E-state index in [4.69, 9.17) is 16.5 Å². The zero-order valence-electron chi connectivity index (χ0n) is 13.5. The van der Waals surface area contributed by atoms with Crippen molar-refractivity contribution in [1.29, 1.82) is 0 Å². The number of rotatable bonds is 4. The number of aromatic nitrogens is 1. The number of nitrogens with zero attached hydrogens (tertiary/aromatic N) is 2. The molecule has 0 radical (unpaired) electrons. The number of pyridine rings is 1. The van der Waals surface area contributed by atoms with Crippen LogP contribution >= 0.6 is 11.8 Å². The molecule has 3 rings (SSSR count). The lowest BCUT2D eigenvalue weighted by Gasteiger charge is -2.27. The summed E-state index contributed by atoms with van der Waals surface area (Å²) in [5, 5.41) is 2.28. The Hall–Kier alpha value is -2.32. The van der Waals surface area contributed by atoms with Crippen molar-refractivity contribution in [3.8, 4) is 5.88 Å². The summed E-state index contributed by atoms with van der Waals surface area (Å²) in [6, 6.07) is 5.53. The Morgan fingerprint density at radius 3 is 2.50 bits per heavy atom. The zero-order chi connectivity index (χ0) is 18.7. The second-order valence-electron chi connectivity index (χ2n) is 5.79. The van der Waals surface area contributed by atoms with Crippen LogP contribution < -0.4 is 10.1 Å². The lowest BCUT2D eigenvalue weighted by Crippen LogP contribution is -2.33. The van der Waals surface area contributed by atoms with Crippen LogP contribution in [0, 0.1) is 17.5 Å². The minimum atomic E-state index is -1.29. The molecule has 138 valence electrons. The molecule has 9 heteroatoms. The summed E-state index contributed by atoms with van der Waals surface area (Å²) in [5.41, 5.74) is -0.881. The Morgan fingerprint density at radius 1 is 1.19 bits per heavy atom. The third-order valence-corrected chi connectivity index (χ3v) is 4.21. The van der Waals surface area contributed by atoms with Crippen LogP contribution in [0.5, 0.6) is 5.88 Å². The number of hydrogen-bond donors (Lipinski definition) is 1. The van der Waals surface area contributed by atoms with Gasteiger partial charge in [-0.2, -0.15) is 4.98 Å². The van der Waals surface area contributed by atoms with E-state index in [0.717, 1.165) is 12.8 Å². The van der Waals surface area contributed by atoms with Crippen LogP contribution in [0.2, 0.25) is 0 Å². The lowest BCUT2D eigenvalue weighted by molar-refractivity contribution is 0.101. The van der Waals surface area contributed by atoms with E-state index in [1.807, 2.05) is 0 Å². The first kappa shape index (κ1) is 18.5. The van der Waals surface area contributed by atoms with Gasteiger partial charge >= 0.3 is 0 Å². The molecule has 0 unspecified atom stereocenters. The van der Waals surface area contributed by atoms with Crippen molar-refractivity contribution in [1.82, 2.24) is 9.40 Å². The van der Waals surface area contributed by atoms with E-state index >= 15 is 0 Å². The van der Waals surface area contributed by atoms with E-state index in [0.29, 0.717) is 25.2 Å². The number of nitrogens with one attached hydrogen (secondary N) is 1. The standard InChI is InChI=1S/C17H15ClF3N3O2/c18-24-6-4-11(5-7-24)26-15-3-1-2-14(22-15)23-17(25)16-12(20)8-10(19)9-13(16)21/h1-3,8-9,11H,4-7H2,(H,22,23,25). The van der Waals surface area contributed by atoms with Gasteiger partial charge in [-0.1, -0.05) is 6.07 Å². The van der Waals surface area contributed by atoms with Crippen molar-refractivity contribution < 1.29 is 22.7 Å². The number of carbonyl (C=O) groups is 1. The third kappa shape index (κ3) is 4.44. The average molecular weight is 386 g/mol. The number of piperidine rings is 1. The van der Waals surface area contributed by atoms with Gasteiger partial charge in [-0.15, -0.1) is 0 Å². The number of amides is 1. The summed E-state index contributed by atoms with van der Waals surface area (Å²) in [7, 11) is 0. The summed E-state index contributed by atoms with van der Waals surface area (Å²) < 4.78 is 47.7. The Morgan fingerprint density at radius 2 is 1.85 bits per heavy atom. The molecule has 2 heterocycles. The van der Waals surface area contributed by atoms with Crippen molar-refractivity contribution >= 4 is 23.5 Å². The van der Waals surface area contributed by atoms with E-state index in [9.17, 15) is 18.0 Å². The lowest BCUT2D eigenvalue weighted by atomic mass is 10.1. The number of halogens is 4. The molecule has 1 aliphatic heterocycles. The number of anilines is 1. The maximum absolute atomic E-state index is 13.7. The Bertz CT molecular complexity index is 791. The van der Waals surface area contributed by atoms with Crippen molar-refractivity contribution in [3.05, 3.63) is 53.3 Å². The Balaban J connectivity index is 1.70. The van der Waals surface area contributed by atoms with Gasteiger partial charge in [0.25, 0.3) is 5.91 Å². The molecule has 0 bridgehead atoms. The van der Waals surface area contributed by atoms with Crippen LogP contribution in [0.15, 0.2) is 30.3 Å². The molecule has 1 aromatic carbocycles. The normalized spacial score (nSPS) is 15.7. The SMILES string of the molecule is O=C(Nc1cccc(OC2CCN(Cl)CC2)n1)c1c(F)cc(F)cc1F. The first-order valence-electron chi connectivity index (χ1n) is 7.92. The van der Waals surface area contributed by atoms with Gasteiger partial charge in [0.1, 0.15) is 34.9 Å². The van der Waals surface area contributed by atoms with Gasteiger partial charge in [0.15, 0.2) is 0 Å². The van der Waals surface area contributed by atoms with Gasteiger partial charge in [0.05, 0.1) is 0 Å². The van der Waals surface area contributed by atoms with Crippen molar-refractivity contribution in [2.75, 3.05) is 18.4 Å². The van der Waals surface area contributed by atoms with Crippen molar-refractivity contribution in [2.24, 2.45) is 0 Å². The molecule has 0 spiro atoms. The third-order valence-electron chi connectivity index (χ3n) is 3.87. The predicted octanol–water partition coefficient (Wildman–Crippen LogP) is 3.75. The minimum absolute atomic E-state index is 0.0598. The van der Waals surface area contributed by atoms with Crippen LogP contribution in [0.4, 0.5) is 19.0 Å². The number of carbonyl (C=O) groups excluding carboxylic acids is 1. The quantitative estimate of drug-likeness (QED) is 0.814. The van der Waals surface area contributed by atoms with Crippen LogP contribution in [-0.2, 0) is 0 Å². The molecule has 1 N–H and O–H groups in total. The van der Waals surface area contributed by atoms with Gasteiger partial charge in [-0.25, -0.2) is 17.6 Å². The molecule has 0 atom stereocenters.